The monoisotopic (exact) mass is 448 g/mol. The zero-order valence-corrected chi connectivity index (χ0v) is 16.8. The molecular weight excluding hydrogens is 423 g/mol. The third-order valence-corrected chi connectivity index (χ3v) is 4.78. The van der Waals surface area contributed by atoms with Crippen LogP contribution in [-0.2, 0) is 23.3 Å². The maximum absolute atomic E-state index is 10.8. The van der Waals surface area contributed by atoms with Gasteiger partial charge in [0, 0.05) is 0 Å². The summed E-state index contributed by atoms with van der Waals surface area (Å²) in [5, 5.41) is 68.3. The quantitative estimate of drug-likeness (QED) is 0.130. The van der Waals surface area contributed by atoms with E-state index >= 15 is 0 Å². The molecule has 0 unspecified atom stereocenters. The molecule has 0 aliphatic carbocycles. The summed E-state index contributed by atoms with van der Waals surface area (Å²) in [4.78, 5) is 17.4. The molecule has 2 rings (SSSR count). The summed E-state index contributed by atoms with van der Waals surface area (Å²) in [7, 11) is -4.93. The molecule has 2 saturated heterocycles. The number of phosphoric acid groups is 1. The van der Waals surface area contributed by atoms with Gasteiger partial charge in [0.15, 0.2) is 6.29 Å². The smallest absolute Gasteiger partial charge is 1.00 e. The Labute approximate surface area is 177 Å². The van der Waals surface area contributed by atoms with E-state index in [9.17, 15) is 35.2 Å². The zero-order valence-electron chi connectivity index (χ0n) is 16.5. The van der Waals surface area contributed by atoms with E-state index < -0.39 is 82.4 Å². The molecule has 0 amide bonds. The number of aliphatic hydroxyl groups excluding tert-OH is 7. The van der Waals surface area contributed by atoms with Crippen LogP contribution in [0.1, 0.15) is 2.85 Å². The van der Waals surface area contributed by atoms with Crippen LogP contribution in [0.2, 0.25) is 0 Å². The van der Waals surface area contributed by atoms with Gasteiger partial charge in [0.25, 0.3) is 0 Å². The van der Waals surface area contributed by atoms with Crippen LogP contribution in [0.3, 0.4) is 0 Å². The molecule has 0 aromatic carbocycles. The molecule has 164 valence electrons. The Morgan fingerprint density at radius 2 is 1.57 bits per heavy atom. The molecule has 2 fully saturated rings. The van der Waals surface area contributed by atoms with E-state index in [-0.39, 0.29) is 25.9 Å². The van der Waals surface area contributed by atoms with Gasteiger partial charge in [0.05, 0.1) is 13.2 Å². The summed E-state index contributed by atoms with van der Waals surface area (Å²) < 4.78 is 30.4. The van der Waals surface area contributed by atoms with Crippen molar-refractivity contribution in [3.63, 3.8) is 0 Å². The summed E-state index contributed by atoms with van der Waals surface area (Å²) in [6.07, 6.45) is -14.0. The van der Waals surface area contributed by atoms with Crippen LogP contribution < -0.4 is 0 Å². The molecule has 2 aliphatic heterocycles. The predicted octanol–water partition coefficient (Wildman–Crippen LogP) is -5.43. The summed E-state index contributed by atoms with van der Waals surface area (Å²) in [6, 6.07) is 0. The topological polar surface area (TPSA) is 236 Å². The third-order valence-electron chi connectivity index (χ3n) is 4.30. The number of ether oxygens (including phenoxy) is 3. The number of rotatable bonds is 7. The number of aliphatic hydroxyl groups is 7. The van der Waals surface area contributed by atoms with Crippen LogP contribution in [0.4, 0.5) is 0 Å². The fourth-order valence-corrected chi connectivity index (χ4v) is 3.13. The molecule has 0 bridgehead atoms. The van der Waals surface area contributed by atoms with Crippen molar-refractivity contribution in [3.8, 4) is 0 Å². The summed E-state index contributed by atoms with van der Waals surface area (Å²) in [5.41, 5.74) is 0. The number of phosphoric ester groups is 1. The fourth-order valence-electron chi connectivity index (χ4n) is 2.79. The molecule has 9 N–H and O–H groups in total. The molecule has 28 heavy (non-hydrogen) atoms. The van der Waals surface area contributed by atoms with Crippen molar-refractivity contribution in [2.75, 3.05) is 19.8 Å². The Balaban J connectivity index is 0. The summed E-state index contributed by atoms with van der Waals surface area (Å²) >= 11 is 0. The van der Waals surface area contributed by atoms with Gasteiger partial charge >= 0.3 is 30.9 Å². The Kier molecular flexibility index (Phi) is 9.65. The van der Waals surface area contributed by atoms with Crippen molar-refractivity contribution in [1.29, 1.82) is 0 Å². The third kappa shape index (κ3) is 5.58. The van der Waals surface area contributed by atoms with Crippen LogP contribution >= 0.6 is 7.82 Å². The van der Waals surface area contributed by atoms with E-state index in [1.54, 1.807) is 0 Å². The Bertz CT molecular complexity index is 559. The molecule has 2 aliphatic rings. The van der Waals surface area contributed by atoms with Crippen molar-refractivity contribution in [3.05, 3.63) is 0 Å². The first-order valence-electron chi connectivity index (χ1n) is 7.79. The minimum atomic E-state index is -4.93. The first-order chi connectivity index (χ1) is 12.5. The van der Waals surface area contributed by atoms with Crippen LogP contribution in [-0.4, -0.2) is 143 Å². The number of hydrogen-bond acceptors (Lipinski definition) is 12. The second-order valence-corrected chi connectivity index (χ2v) is 7.40. The van der Waals surface area contributed by atoms with Gasteiger partial charge in [-0.1, -0.05) is 0 Å². The first kappa shape index (κ1) is 26.5. The van der Waals surface area contributed by atoms with Crippen molar-refractivity contribution in [1.82, 2.24) is 0 Å². The first-order valence-corrected chi connectivity index (χ1v) is 9.32. The van der Waals surface area contributed by atoms with Gasteiger partial charge in [-0.25, -0.2) is 4.57 Å². The Morgan fingerprint density at radius 1 is 0.964 bits per heavy atom. The number of hydrogen-bond donors (Lipinski definition) is 9. The molecule has 0 aromatic heterocycles. The Morgan fingerprint density at radius 3 is 2.04 bits per heavy atom. The molecule has 0 aromatic rings. The standard InChI is InChI=1S/C12H23O14P.Mg.2H/c13-1-4-7(16)10(19)12(3-14,25-4)26-11-9(18)8(17)6(15)5(24-11)2-23-27(20,21)22;;;/h4-11,13-19H,1-3H2,(H2,20,21,22);;;/q;+2;2*-1/t4-,5-,6-,7-,8+,9-,10+,11-,12+;;;/m1.../s1. The molecule has 2 heterocycles. The fraction of sp³-hybridized carbons (Fsp3) is 1.00. The van der Waals surface area contributed by atoms with Crippen LogP contribution in [0.15, 0.2) is 0 Å². The average molecular weight is 449 g/mol. The van der Waals surface area contributed by atoms with Gasteiger partial charge in [0.1, 0.15) is 49.3 Å². The second kappa shape index (κ2) is 10.2. The van der Waals surface area contributed by atoms with Gasteiger partial charge in [0.2, 0.25) is 5.79 Å². The summed E-state index contributed by atoms with van der Waals surface area (Å²) in [5.74, 6) is -2.35. The minimum absolute atomic E-state index is 0. The largest absolute Gasteiger partial charge is 2.00 e. The van der Waals surface area contributed by atoms with E-state index in [0.29, 0.717) is 0 Å². The zero-order chi connectivity index (χ0) is 20.6. The maximum atomic E-state index is 10.8. The normalized spacial score (nSPS) is 44.3. The molecule has 9 atom stereocenters. The van der Waals surface area contributed by atoms with E-state index in [4.69, 9.17) is 29.1 Å². The molecular formula is C12H25MgO14P. The van der Waals surface area contributed by atoms with Crippen molar-refractivity contribution >= 4 is 30.9 Å². The molecule has 0 saturated carbocycles. The molecule has 0 radical (unpaired) electrons. The van der Waals surface area contributed by atoms with Gasteiger partial charge in [-0.2, -0.15) is 0 Å². The van der Waals surface area contributed by atoms with Gasteiger partial charge in [-0.05, 0) is 0 Å². The van der Waals surface area contributed by atoms with E-state index in [2.05, 4.69) is 4.52 Å². The molecule has 16 heteroatoms. The molecule has 0 spiro atoms. The van der Waals surface area contributed by atoms with Gasteiger partial charge in [-0.15, -0.1) is 0 Å². The SMILES string of the molecule is O=P(O)(O)OC[C@H]1O[C@H](O[C@]2(CO)O[C@H](CO)[C@@H](O)[C@@H]2O)[C@H](O)[C@@H](O)[C@@H]1O.[H-].[H-].[Mg+2]. The van der Waals surface area contributed by atoms with E-state index in [1.807, 2.05) is 0 Å². The van der Waals surface area contributed by atoms with Crippen molar-refractivity contribution in [2.24, 2.45) is 0 Å². The maximum Gasteiger partial charge on any atom is 2.00 e. The minimum Gasteiger partial charge on any atom is -1.00 e. The van der Waals surface area contributed by atoms with Gasteiger partial charge < -0.3 is 62.6 Å². The molecule has 14 nitrogen and oxygen atoms in total. The van der Waals surface area contributed by atoms with Crippen LogP contribution in [0, 0.1) is 0 Å². The average Bonchev–Trinajstić information content (AvgIpc) is 2.85. The van der Waals surface area contributed by atoms with Crippen LogP contribution in [0.25, 0.3) is 0 Å². The Hall–Kier alpha value is 0.476. The van der Waals surface area contributed by atoms with Crippen LogP contribution in [0.5, 0.6) is 0 Å². The van der Waals surface area contributed by atoms with E-state index in [1.165, 1.54) is 0 Å². The van der Waals surface area contributed by atoms with Crippen molar-refractivity contribution < 1.29 is 71.7 Å². The predicted molar refractivity (Wildman–Crippen MR) is 87.5 cm³/mol. The summed E-state index contributed by atoms with van der Waals surface area (Å²) in [6.45, 7) is -2.69. The van der Waals surface area contributed by atoms with Crippen molar-refractivity contribution in [2.45, 2.75) is 54.8 Å². The van der Waals surface area contributed by atoms with E-state index in [0.717, 1.165) is 0 Å². The second-order valence-electron chi connectivity index (χ2n) is 6.16. The van der Waals surface area contributed by atoms with Gasteiger partial charge in [-0.3, -0.25) is 4.52 Å².